The van der Waals surface area contributed by atoms with Crippen molar-refractivity contribution in [1.82, 2.24) is 10.2 Å². The molecule has 3 aromatic rings. The number of rotatable bonds is 3. The molecule has 8 nitrogen and oxygen atoms in total. The molecule has 0 amide bonds. The van der Waals surface area contributed by atoms with Gasteiger partial charge in [0.15, 0.2) is 0 Å². The van der Waals surface area contributed by atoms with E-state index >= 15 is 0 Å². The number of ether oxygens (including phenoxy) is 2. The predicted molar refractivity (Wildman–Crippen MR) is 123 cm³/mol. The molecule has 38 heavy (non-hydrogen) atoms. The van der Waals surface area contributed by atoms with E-state index in [1.165, 1.54) is 18.5 Å². The number of hydrogen-bond acceptors (Lipinski definition) is 8. The Kier molecular flexibility index (Phi) is 8.91. The second-order valence-electron chi connectivity index (χ2n) is 7.22. The van der Waals surface area contributed by atoms with Crippen LogP contribution in [0.1, 0.15) is 37.4 Å². The number of aromatic nitrogens is 2. The lowest BCUT2D eigenvalue weighted by Crippen LogP contribution is -2.12. The Hall–Kier alpha value is -4.80. The molecular weight excluding hydrogens is 522 g/mol. The third kappa shape index (κ3) is 6.69. The highest BCUT2D eigenvalue weighted by Gasteiger charge is 2.36. The van der Waals surface area contributed by atoms with Crippen molar-refractivity contribution in [3.63, 3.8) is 0 Å². The average molecular weight is 540 g/mol. The molecule has 0 saturated carbocycles. The lowest BCUT2D eigenvalue weighted by atomic mass is 9.97. The molecule has 0 bridgehead atoms. The number of nitrogens with zero attached hydrogens (tertiary/aromatic N) is 2. The Labute approximate surface area is 211 Å². The molecule has 200 valence electrons. The van der Waals surface area contributed by atoms with Gasteiger partial charge in [-0.3, -0.25) is 0 Å². The zero-order chi connectivity index (χ0) is 28.8. The normalized spacial score (nSPS) is 11.0. The van der Waals surface area contributed by atoms with E-state index in [4.69, 9.17) is 17.9 Å². The molecule has 14 heteroatoms. The Morgan fingerprint density at radius 3 is 1.76 bits per heavy atom. The summed E-state index contributed by atoms with van der Waals surface area (Å²) in [5, 5.41) is 7.04. The van der Waals surface area contributed by atoms with Gasteiger partial charge in [0.2, 0.25) is 0 Å². The van der Waals surface area contributed by atoms with Crippen molar-refractivity contribution in [2.75, 3.05) is 25.7 Å². The number of alkyl halides is 6. The largest absolute Gasteiger partial charge is 0.465 e. The first kappa shape index (κ1) is 29.4. The number of methoxy groups -OCH3 is 2. The molecule has 1 heterocycles. The fraction of sp³-hybridized carbons (Fsp3) is 0.167. The number of hydrogen-bond donors (Lipinski definition) is 2. The molecule has 0 aliphatic carbocycles. The summed E-state index contributed by atoms with van der Waals surface area (Å²) >= 11 is 0. The SMILES string of the molecule is C#Cc1cc(C(=O)OC)c(N)cc1C(F)(F)F.COC(=O)c1cc(-c2ccnnc2)c(C(F)(F)F)cc1N. The highest BCUT2D eigenvalue weighted by Crippen LogP contribution is 2.39. The standard InChI is InChI=1S/C13H10F3N3O2.C11H8F3NO2/c1-21-12(20)9-4-8(7-2-3-18-19-6-7)10(5-11(9)17)13(14,15)16;1-3-6-4-7(10(16)17-2)9(15)5-8(6)11(12,13)14/h2-6H,17H2,1H3;1,4-5H,15H2,2H3. The van der Waals surface area contributed by atoms with Crippen LogP contribution in [-0.4, -0.2) is 36.4 Å². The van der Waals surface area contributed by atoms with E-state index in [2.05, 4.69) is 19.7 Å². The number of nitrogens with two attached hydrogens (primary N) is 2. The number of carbonyl (C=O) groups excluding carboxylic acids is 2. The van der Waals surface area contributed by atoms with Gasteiger partial charge in [0.25, 0.3) is 0 Å². The van der Waals surface area contributed by atoms with Crippen molar-refractivity contribution in [2.24, 2.45) is 0 Å². The first-order valence-corrected chi connectivity index (χ1v) is 10.1. The van der Waals surface area contributed by atoms with E-state index in [0.29, 0.717) is 12.1 Å². The molecule has 0 atom stereocenters. The van der Waals surface area contributed by atoms with Crippen LogP contribution in [0.25, 0.3) is 11.1 Å². The van der Waals surface area contributed by atoms with Crippen LogP contribution >= 0.6 is 0 Å². The molecule has 1 aromatic heterocycles. The van der Waals surface area contributed by atoms with Gasteiger partial charge in [-0.25, -0.2) is 9.59 Å². The summed E-state index contributed by atoms with van der Waals surface area (Å²) in [5.41, 5.74) is 7.39. The van der Waals surface area contributed by atoms with Crippen molar-refractivity contribution in [3.8, 4) is 23.5 Å². The summed E-state index contributed by atoms with van der Waals surface area (Å²) in [6, 6.07) is 4.63. The zero-order valence-corrected chi connectivity index (χ0v) is 19.6. The van der Waals surface area contributed by atoms with Crippen LogP contribution in [0.2, 0.25) is 0 Å². The summed E-state index contributed by atoms with van der Waals surface area (Å²) < 4.78 is 85.9. The Morgan fingerprint density at radius 1 is 0.842 bits per heavy atom. The van der Waals surface area contributed by atoms with Gasteiger partial charge in [-0.1, -0.05) is 5.92 Å². The molecule has 2 aromatic carbocycles. The minimum Gasteiger partial charge on any atom is -0.465 e. The molecular formula is C24H18F6N4O4. The van der Waals surface area contributed by atoms with Crippen LogP contribution in [0.3, 0.4) is 0 Å². The van der Waals surface area contributed by atoms with Crippen LogP contribution in [0.4, 0.5) is 37.7 Å². The molecule has 0 aliphatic heterocycles. The van der Waals surface area contributed by atoms with Crippen molar-refractivity contribution < 1.29 is 45.4 Å². The minimum absolute atomic E-state index is 0.141. The topological polar surface area (TPSA) is 130 Å². The molecule has 4 N–H and O–H groups in total. The molecule has 3 rings (SSSR count). The van der Waals surface area contributed by atoms with E-state index in [1.54, 1.807) is 0 Å². The van der Waals surface area contributed by atoms with Gasteiger partial charge < -0.3 is 20.9 Å². The Morgan fingerprint density at radius 2 is 1.34 bits per heavy atom. The summed E-state index contributed by atoms with van der Waals surface area (Å²) in [6.45, 7) is 0. The fourth-order valence-electron chi connectivity index (χ4n) is 3.08. The molecule has 0 aliphatic rings. The van der Waals surface area contributed by atoms with Gasteiger partial charge >= 0.3 is 24.3 Å². The maximum atomic E-state index is 13.1. The van der Waals surface area contributed by atoms with E-state index in [0.717, 1.165) is 26.4 Å². The molecule has 0 unspecified atom stereocenters. The van der Waals surface area contributed by atoms with E-state index in [-0.39, 0.29) is 33.6 Å². The third-order valence-corrected chi connectivity index (χ3v) is 4.85. The van der Waals surface area contributed by atoms with Crippen molar-refractivity contribution in [1.29, 1.82) is 0 Å². The smallest absolute Gasteiger partial charge is 0.417 e. The van der Waals surface area contributed by atoms with Gasteiger partial charge in [0.05, 0.1) is 48.9 Å². The first-order valence-electron chi connectivity index (χ1n) is 10.1. The van der Waals surface area contributed by atoms with Gasteiger partial charge in [0, 0.05) is 22.5 Å². The van der Waals surface area contributed by atoms with Crippen molar-refractivity contribution in [2.45, 2.75) is 12.4 Å². The predicted octanol–water partition coefficient (Wildman–Crippen LogP) is 4.59. The van der Waals surface area contributed by atoms with Crippen molar-refractivity contribution >= 4 is 23.3 Å². The maximum absolute atomic E-state index is 13.1. The number of anilines is 2. The minimum atomic E-state index is -4.62. The lowest BCUT2D eigenvalue weighted by Gasteiger charge is -2.15. The van der Waals surface area contributed by atoms with Gasteiger partial charge in [-0.15, -0.1) is 6.42 Å². The van der Waals surface area contributed by atoms with E-state index < -0.39 is 41.0 Å². The fourth-order valence-corrected chi connectivity index (χ4v) is 3.08. The van der Waals surface area contributed by atoms with Gasteiger partial charge in [-0.05, 0) is 35.9 Å². The van der Waals surface area contributed by atoms with Crippen LogP contribution in [0, 0.1) is 12.3 Å². The van der Waals surface area contributed by atoms with E-state index in [1.807, 2.05) is 5.92 Å². The molecule has 0 fully saturated rings. The van der Waals surface area contributed by atoms with Crippen LogP contribution in [-0.2, 0) is 21.8 Å². The highest BCUT2D eigenvalue weighted by molar-refractivity contribution is 5.97. The third-order valence-electron chi connectivity index (χ3n) is 4.85. The lowest BCUT2D eigenvalue weighted by molar-refractivity contribution is -0.138. The summed E-state index contributed by atoms with van der Waals surface area (Å²) in [6.07, 6.45) is -1.86. The summed E-state index contributed by atoms with van der Waals surface area (Å²) in [7, 11) is 2.21. The van der Waals surface area contributed by atoms with E-state index in [9.17, 15) is 35.9 Å². The number of nitrogen functional groups attached to an aromatic ring is 2. The summed E-state index contributed by atoms with van der Waals surface area (Å²) in [4.78, 5) is 22.8. The highest BCUT2D eigenvalue weighted by atomic mass is 19.4. The number of esters is 2. The zero-order valence-electron chi connectivity index (χ0n) is 19.6. The first-order chi connectivity index (χ1) is 17.6. The number of halogens is 6. The quantitative estimate of drug-likeness (QED) is 0.214. The number of carbonyl (C=O) groups is 2. The van der Waals surface area contributed by atoms with Crippen LogP contribution in [0.5, 0.6) is 0 Å². The monoisotopic (exact) mass is 540 g/mol. The molecule has 0 spiro atoms. The van der Waals surface area contributed by atoms with Gasteiger partial charge in [0.1, 0.15) is 0 Å². The Balaban J connectivity index is 0.000000273. The number of benzene rings is 2. The van der Waals surface area contributed by atoms with Gasteiger partial charge in [-0.2, -0.15) is 36.5 Å². The van der Waals surface area contributed by atoms with Crippen LogP contribution < -0.4 is 11.5 Å². The summed E-state index contributed by atoms with van der Waals surface area (Å²) in [5.74, 6) is 0.210. The average Bonchev–Trinajstić information content (AvgIpc) is 2.87. The second kappa shape index (κ2) is 11.5. The molecule has 0 radical (unpaired) electrons. The van der Waals surface area contributed by atoms with Crippen LogP contribution in [0.15, 0.2) is 42.7 Å². The van der Waals surface area contributed by atoms with Crippen molar-refractivity contribution in [3.05, 3.63) is 70.5 Å². The molecule has 0 saturated heterocycles. The maximum Gasteiger partial charge on any atom is 0.417 e. The number of terminal acetylenes is 1. The Bertz CT molecular complexity index is 1380. The second-order valence-corrected chi connectivity index (χ2v) is 7.22.